The van der Waals surface area contributed by atoms with Crippen molar-refractivity contribution in [3.63, 3.8) is 0 Å². The summed E-state index contributed by atoms with van der Waals surface area (Å²) in [5.41, 5.74) is 1.42. The average Bonchev–Trinajstić information content (AvgIpc) is 2.60. The van der Waals surface area contributed by atoms with E-state index >= 15 is 0 Å². The Balaban J connectivity index is 2.06. The molecule has 2 aromatic carbocycles. The molecule has 5 heteroatoms. The van der Waals surface area contributed by atoms with Crippen LogP contribution in [0.3, 0.4) is 0 Å². The lowest BCUT2D eigenvalue weighted by Gasteiger charge is -2.12. The van der Waals surface area contributed by atoms with E-state index in [-0.39, 0.29) is 5.82 Å². The highest BCUT2D eigenvalue weighted by Crippen LogP contribution is 2.25. The summed E-state index contributed by atoms with van der Waals surface area (Å²) in [6.45, 7) is 1.73. The molecule has 126 valence electrons. The molecular formula is C19H19FO4. The van der Waals surface area contributed by atoms with E-state index in [0.717, 1.165) is 5.56 Å². The third-order valence-electron chi connectivity index (χ3n) is 3.47. The first kappa shape index (κ1) is 17.5. The number of hydrogen-bond acceptors (Lipinski definition) is 4. The van der Waals surface area contributed by atoms with Crippen LogP contribution in [0.15, 0.2) is 48.5 Å². The summed E-state index contributed by atoms with van der Waals surface area (Å²) < 4.78 is 28.6. The molecule has 0 saturated carbocycles. The molecule has 0 bridgehead atoms. The van der Waals surface area contributed by atoms with E-state index in [1.807, 2.05) is 0 Å². The van der Waals surface area contributed by atoms with Crippen molar-refractivity contribution in [2.45, 2.75) is 13.0 Å². The van der Waals surface area contributed by atoms with E-state index in [1.54, 1.807) is 57.6 Å². The van der Waals surface area contributed by atoms with Crippen molar-refractivity contribution in [1.82, 2.24) is 0 Å². The lowest BCUT2D eigenvalue weighted by atomic mass is 10.1. The van der Waals surface area contributed by atoms with Crippen LogP contribution < -0.4 is 9.47 Å². The Labute approximate surface area is 140 Å². The molecule has 0 N–H and O–H groups in total. The summed E-state index contributed by atoms with van der Waals surface area (Å²) in [6.07, 6.45) is 2.44. The summed E-state index contributed by atoms with van der Waals surface area (Å²) in [5, 5.41) is 0. The van der Waals surface area contributed by atoms with Crippen LogP contribution in [0.25, 0.3) is 6.08 Å². The average molecular weight is 330 g/mol. The lowest BCUT2D eigenvalue weighted by molar-refractivity contribution is -0.142. The summed E-state index contributed by atoms with van der Waals surface area (Å²) in [4.78, 5) is 12.0. The van der Waals surface area contributed by atoms with E-state index < -0.39 is 12.1 Å². The molecule has 0 aliphatic heterocycles. The van der Waals surface area contributed by atoms with Crippen molar-refractivity contribution < 1.29 is 23.4 Å². The first-order valence-electron chi connectivity index (χ1n) is 7.39. The highest BCUT2D eigenvalue weighted by Gasteiger charge is 2.10. The molecule has 0 aromatic heterocycles. The van der Waals surface area contributed by atoms with Gasteiger partial charge in [0.1, 0.15) is 23.4 Å². The van der Waals surface area contributed by atoms with Crippen LogP contribution in [-0.4, -0.2) is 20.2 Å². The van der Waals surface area contributed by atoms with Crippen LogP contribution in [0.1, 0.15) is 24.2 Å². The van der Waals surface area contributed by atoms with Crippen molar-refractivity contribution in [1.29, 1.82) is 0 Å². The molecule has 0 aliphatic rings. The minimum atomic E-state index is -0.503. The number of methoxy groups -OCH3 is 2. The quantitative estimate of drug-likeness (QED) is 0.589. The largest absolute Gasteiger partial charge is 0.497 e. The first-order chi connectivity index (χ1) is 11.5. The molecule has 0 spiro atoms. The molecule has 0 saturated heterocycles. The highest BCUT2D eigenvalue weighted by molar-refractivity contribution is 5.87. The van der Waals surface area contributed by atoms with Gasteiger partial charge in [0.2, 0.25) is 0 Å². The standard InChI is InChI=1S/C19H19FO4/c1-13(14-4-7-16(20)8-5-14)24-19(21)11-6-15-12-17(22-2)9-10-18(15)23-3/h4-13H,1-3H3/b11-6+. The van der Waals surface area contributed by atoms with Gasteiger partial charge in [0.15, 0.2) is 0 Å². The zero-order chi connectivity index (χ0) is 17.5. The Hall–Kier alpha value is -2.82. The fourth-order valence-electron chi connectivity index (χ4n) is 2.14. The van der Waals surface area contributed by atoms with Crippen LogP contribution in [0, 0.1) is 5.82 Å². The fraction of sp³-hybridized carbons (Fsp3) is 0.211. The number of benzene rings is 2. The monoisotopic (exact) mass is 330 g/mol. The van der Waals surface area contributed by atoms with E-state index in [2.05, 4.69) is 0 Å². The van der Waals surface area contributed by atoms with Gasteiger partial charge in [-0.25, -0.2) is 9.18 Å². The normalized spacial score (nSPS) is 12.0. The molecule has 2 rings (SSSR count). The van der Waals surface area contributed by atoms with E-state index in [1.165, 1.54) is 18.2 Å². The van der Waals surface area contributed by atoms with Crippen molar-refractivity contribution >= 4 is 12.0 Å². The van der Waals surface area contributed by atoms with E-state index in [9.17, 15) is 9.18 Å². The summed E-state index contributed by atoms with van der Waals surface area (Å²) in [6, 6.07) is 11.1. The lowest BCUT2D eigenvalue weighted by Crippen LogP contribution is -2.06. The molecular weight excluding hydrogens is 311 g/mol. The predicted octanol–water partition coefficient (Wildman–Crippen LogP) is 4.16. The Kier molecular flexibility index (Phi) is 5.95. The Morgan fingerprint density at radius 1 is 1.08 bits per heavy atom. The van der Waals surface area contributed by atoms with Gasteiger partial charge in [-0.05, 0) is 48.9 Å². The number of hydrogen-bond donors (Lipinski definition) is 0. The molecule has 0 fully saturated rings. The predicted molar refractivity (Wildman–Crippen MR) is 89.5 cm³/mol. The molecule has 0 radical (unpaired) electrons. The van der Waals surface area contributed by atoms with Crippen LogP contribution in [0.5, 0.6) is 11.5 Å². The zero-order valence-electron chi connectivity index (χ0n) is 13.8. The maximum atomic E-state index is 12.9. The molecule has 0 amide bonds. The molecule has 1 unspecified atom stereocenters. The number of carbonyl (C=O) groups is 1. The Bertz CT molecular complexity index is 723. The number of esters is 1. The number of halogens is 1. The van der Waals surface area contributed by atoms with Gasteiger partial charge in [0, 0.05) is 11.6 Å². The topological polar surface area (TPSA) is 44.8 Å². The van der Waals surface area contributed by atoms with Crippen LogP contribution >= 0.6 is 0 Å². The maximum Gasteiger partial charge on any atom is 0.331 e. The molecule has 24 heavy (non-hydrogen) atoms. The second-order valence-electron chi connectivity index (χ2n) is 5.07. The van der Waals surface area contributed by atoms with Crippen molar-refractivity contribution in [2.24, 2.45) is 0 Å². The highest BCUT2D eigenvalue weighted by atomic mass is 19.1. The second kappa shape index (κ2) is 8.15. The van der Waals surface area contributed by atoms with Crippen LogP contribution in [-0.2, 0) is 9.53 Å². The summed E-state index contributed by atoms with van der Waals surface area (Å²) in [7, 11) is 3.11. The molecule has 0 heterocycles. The molecule has 2 aromatic rings. The van der Waals surface area contributed by atoms with E-state index in [0.29, 0.717) is 17.1 Å². The SMILES string of the molecule is COc1ccc(OC)c(/C=C/C(=O)OC(C)c2ccc(F)cc2)c1. The van der Waals surface area contributed by atoms with Crippen molar-refractivity contribution in [2.75, 3.05) is 14.2 Å². The van der Waals surface area contributed by atoms with Gasteiger partial charge in [0.05, 0.1) is 14.2 Å². The van der Waals surface area contributed by atoms with Gasteiger partial charge < -0.3 is 14.2 Å². The van der Waals surface area contributed by atoms with Gasteiger partial charge in [-0.3, -0.25) is 0 Å². The fourth-order valence-corrected chi connectivity index (χ4v) is 2.14. The molecule has 4 nitrogen and oxygen atoms in total. The number of ether oxygens (including phenoxy) is 3. The Morgan fingerprint density at radius 2 is 1.79 bits per heavy atom. The van der Waals surface area contributed by atoms with Crippen LogP contribution in [0.4, 0.5) is 4.39 Å². The van der Waals surface area contributed by atoms with Gasteiger partial charge in [-0.2, -0.15) is 0 Å². The smallest absolute Gasteiger partial charge is 0.331 e. The van der Waals surface area contributed by atoms with Gasteiger partial charge in [0.25, 0.3) is 0 Å². The Morgan fingerprint density at radius 3 is 2.42 bits per heavy atom. The zero-order valence-corrected chi connectivity index (χ0v) is 13.8. The van der Waals surface area contributed by atoms with E-state index in [4.69, 9.17) is 14.2 Å². The maximum absolute atomic E-state index is 12.9. The van der Waals surface area contributed by atoms with Crippen LogP contribution in [0.2, 0.25) is 0 Å². The first-order valence-corrected chi connectivity index (χ1v) is 7.39. The molecule has 1 atom stereocenters. The third kappa shape index (κ3) is 4.59. The third-order valence-corrected chi connectivity index (χ3v) is 3.47. The minimum absolute atomic E-state index is 0.331. The van der Waals surface area contributed by atoms with Crippen molar-refractivity contribution in [3.8, 4) is 11.5 Å². The van der Waals surface area contributed by atoms with Crippen molar-refractivity contribution in [3.05, 3.63) is 65.5 Å². The van der Waals surface area contributed by atoms with Gasteiger partial charge in [-0.1, -0.05) is 12.1 Å². The summed E-state index contributed by atoms with van der Waals surface area (Å²) in [5.74, 6) is 0.439. The van der Waals surface area contributed by atoms with Gasteiger partial charge >= 0.3 is 5.97 Å². The number of carbonyl (C=O) groups excluding carboxylic acids is 1. The second-order valence-corrected chi connectivity index (χ2v) is 5.07. The minimum Gasteiger partial charge on any atom is -0.497 e. The molecule has 0 aliphatic carbocycles. The van der Waals surface area contributed by atoms with Gasteiger partial charge in [-0.15, -0.1) is 0 Å². The number of rotatable bonds is 6. The summed E-state index contributed by atoms with van der Waals surface area (Å²) >= 11 is 0.